The zero-order chi connectivity index (χ0) is 15.3. The van der Waals surface area contributed by atoms with Crippen molar-refractivity contribution in [1.82, 2.24) is 9.62 Å². The first-order valence-electron chi connectivity index (χ1n) is 7.51. The van der Waals surface area contributed by atoms with Gasteiger partial charge in [0.25, 0.3) is 0 Å². The minimum atomic E-state index is -3.46. The maximum Gasteiger partial charge on any atom is 0.243 e. The van der Waals surface area contributed by atoms with Crippen LogP contribution in [0, 0.1) is 0 Å². The molecular weight excluding hydrogens is 288 g/mol. The van der Waals surface area contributed by atoms with E-state index in [9.17, 15) is 8.42 Å². The van der Waals surface area contributed by atoms with Crippen LogP contribution in [0.2, 0.25) is 0 Å². The van der Waals surface area contributed by atoms with E-state index in [2.05, 4.69) is 5.32 Å². The summed E-state index contributed by atoms with van der Waals surface area (Å²) < 4.78 is 26.4. The minimum Gasteiger partial charge on any atom is -0.396 e. The highest BCUT2D eigenvalue weighted by molar-refractivity contribution is 7.89. The van der Waals surface area contributed by atoms with E-state index in [1.807, 2.05) is 19.1 Å². The Balaban J connectivity index is 2.03. The van der Waals surface area contributed by atoms with Crippen LogP contribution in [0.1, 0.15) is 31.7 Å². The standard InChI is InChI=1S/C15H24N2O3S/c1-2-17(10-3-11-18)21(19,20)15-8-4-13(5-9-15)12-16-14-6-7-14/h4-5,8-9,14,16,18H,2-3,6-7,10-12H2,1H3. The van der Waals surface area contributed by atoms with Gasteiger partial charge in [0, 0.05) is 32.3 Å². The fourth-order valence-electron chi connectivity index (χ4n) is 2.17. The van der Waals surface area contributed by atoms with Crippen molar-refractivity contribution in [2.75, 3.05) is 19.7 Å². The van der Waals surface area contributed by atoms with E-state index in [-0.39, 0.29) is 6.61 Å². The average molecular weight is 312 g/mol. The highest BCUT2D eigenvalue weighted by Crippen LogP contribution is 2.20. The topological polar surface area (TPSA) is 69.6 Å². The van der Waals surface area contributed by atoms with Crippen LogP contribution in [0.5, 0.6) is 0 Å². The third-order valence-corrected chi connectivity index (χ3v) is 5.64. The summed E-state index contributed by atoms with van der Waals surface area (Å²) in [6, 6.07) is 7.70. The summed E-state index contributed by atoms with van der Waals surface area (Å²) in [6.07, 6.45) is 2.93. The quantitative estimate of drug-likeness (QED) is 0.722. The van der Waals surface area contributed by atoms with Crippen molar-refractivity contribution >= 4 is 10.0 Å². The van der Waals surface area contributed by atoms with Gasteiger partial charge in [-0.3, -0.25) is 0 Å². The zero-order valence-corrected chi connectivity index (χ0v) is 13.3. The number of hydrogen-bond acceptors (Lipinski definition) is 4. The predicted molar refractivity (Wildman–Crippen MR) is 82.4 cm³/mol. The Morgan fingerprint density at radius 2 is 1.95 bits per heavy atom. The molecule has 0 saturated heterocycles. The summed E-state index contributed by atoms with van der Waals surface area (Å²) in [7, 11) is -3.46. The first-order chi connectivity index (χ1) is 10.1. The molecule has 1 saturated carbocycles. The minimum absolute atomic E-state index is 0.00219. The molecule has 1 aliphatic rings. The molecule has 118 valence electrons. The molecule has 6 heteroatoms. The first-order valence-corrected chi connectivity index (χ1v) is 8.95. The van der Waals surface area contributed by atoms with Crippen molar-refractivity contribution < 1.29 is 13.5 Å². The molecule has 2 N–H and O–H groups in total. The van der Waals surface area contributed by atoms with Gasteiger partial charge in [0.15, 0.2) is 0 Å². The Hall–Kier alpha value is -0.950. The summed E-state index contributed by atoms with van der Waals surface area (Å²) in [5.41, 5.74) is 1.10. The van der Waals surface area contributed by atoms with Gasteiger partial charge in [-0.05, 0) is 37.0 Å². The van der Waals surface area contributed by atoms with Crippen LogP contribution in [-0.2, 0) is 16.6 Å². The smallest absolute Gasteiger partial charge is 0.243 e. The average Bonchev–Trinajstić information content (AvgIpc) is 3.30. The van der Waals surface area contributed by atoms with E-state index in [1.165, 1.54) is 17.1 Å². The van der Waals surface area contributed by atoms with Gasteiger partial charge in [0.05, 0.1) is 4.90 Å². The lowest BCUT2D eigenvalue weighted by atomic mass is 10.2. The number of aliphatic hydroxyl groups excluding tert-OH is 1. The van der Waals surface area contributed by atoms with Gasteiger partial charge in [-0.15, -0.1) is 0 Å². The Morgan fingerprint density at radius 3 is 2.48 bits per heavy atom. The summed E-state index contributed by atoms with van der Waals surface area (Å²) >= 11 is 0. The SMILES string of the molecule is CCN(CCCO)S(=O)(=O)c1ccc(CNC2CC2)cc1. The third kappa shape index (κ3) is 4.51. The van der Waals surface area contributed by atoms with Crippen LogP contribution in [0.25, 0.3) is 0 Å². The molecule has 1 fully saturated rings. The molecule has 0 atom stereocenters. The largest absolute Gasteiger partial charge is 0.396 e. The Kier molecular flexibility index (Phi) is 5.75. The Bertz CT molecular complexity index is 539. The second-order valence-electron chi connectivity index (χ2n) is 5.37. The predicted octanol–water partition coefficient (Wildman–Crippen LogP) is 1.33. The molecule has 0 bridgehead atoms. The molecule has 0 amide bonds. The summed E-state index contributed by atoms with van der Waals surface area (Å²) in [5, 5.41) is 12.3. The van der Waals surface area contributed by atoms with Crippen molar-refractivity contribution in [2.24, 2.45) is 0 Å². The monoisotopic (exact) mass is 312 g/mol. The second kappa shape index (κ2) is 7.35. The van der Waals surface area contributed by atoms with Crippen molar-refractivity contribution in [3.63, 3.8) is 0 Å². The molecule has 0 spiro atoms. The summed E-state index contributed by atoms with van der Waals surface area (Å²) in [6.45, 7) is 3.35. The van der Waals surface area contributed by atoms with E-state index < -0.39 is 10.0 Å². The number of sulfonamides is 1. The molecule has 1 aromatic rings. The molecule has 0 aromatic heterocycles. The number of nitrogens with one attached hydrogen (secondary N) is 1. The molecule has 2 rings (SSSR count). The van der Waals surface area contributed by atoms with Crippen LogP contribution < -0.4 is 5.32 Å². The van der Waals surface area contributed by atoms with Crippen molar-refractivity contribution in [3.05, 3.63) is 29.8 Å². The molecule has 0 heterocycles. The molecule has 5 nitrogen and oxygen atoms in total. The zero-order valence-electron chi connectivity index (χ0n) is 12.5. The lowest BCUT2D eigenvalue weighted by Gasteiger charge is -2.20. The van der Waals surface area contributed by atoms with Crippen LogP contribution >= 0.6 is 0 Å². The maximum absolute atomic E-state index is 12.5. The fourth-order valence-corrected chi connectivity index (χ4v) is 3.66. The summed E-state index contributed by atoms with van der Waals surface area (Å²) in [4.78, 5) is 0.317. The number of nitrogens with zero attached hydrogens (tertiary/aromatic N) is 1. The number of aliphatic hydroxyl groups is 1. The molecule has 1 aromatic carbocycles. The second-order valence-corrected chi connectivity index (χ2v) is 7.31. The fraction of sp³-hybridized carbons (Fsp3) is 0.600. The number of benzene rings is 1. The molecule has 0 aliphatic heterocycles. The van der Waals surface area contributed by atoms with E-state index in [0.29, 0.717) is 30.4 Å². The molecule has 1 aliphatic carbocycles. The maximum atomic E-state index is 12.5. The Morgan fingerprint density at radius 1 is 1.29 bits per heavy atom. The lowest BCUT2D eigenvalue weighted by molar-refractivity contribution is 0.271. The molecule has 21 heavy (non-hydrogen) atoms. The Labute approximate surface area is 127 Å². The highest BCUT2D eigenvalue weighted by Gasteiger charge is 2.23. The summed E-state index contributed by atoms with van der Waals surface area (Å²) in [5.74, 6) is 0. The van der Waals surface area contributed by atoms with Gasteiger partial charge < -0.3 is 10.4 Å². The van der Waals surface area contributed by atoms with E-state index in [4.69, 9.17) is 5.11 Å². The van der Waals surface area contributed by atoms with E-state index in [1.54, 1.807) is 12.1 Å². The van der Waals surface area contributed by atoms with Gasteiger partial charge >= 0.3 is 0 Å². The molecular formula is C15H24N2O3S. The highest BCUT2D eigenvalue weighted by atomic mass is 32.2. The number of hydrogen-bond donors (Lipinski definition) is 2. The van der Waals surface area contributed by atoms with Crippen LogP contribution in [0.15, 0.2) is 29.2 Å². The van der Waals surface area contributed by atoms with E-state index >= 15 is 0 Å². The lowest BCUT2D eigenvalue weighted by Crippen LogP contribution is -2.32. The van der Waals surface area contributed by atoms with Gasteiger partial charge in [-0.1, -0.05) is 19.1 Å². The van der Waals surface area contributed by atoms with Gasteiger partial charge in [-0.25, -0.2) is 8.42 Å². The third-order valence-electron chi connectivity index (χ3n) is 3.65. The van der Waals surface area contributed by atoms with Gasteiger partial charge in [-0.2, -0.15) is 4.31 Å². The van der Waals surface area contributed by atoms with Crippen LogP contribution in [-0.4, -0.2) is 43.6 Å². The van der Waals surface area contributed by atoms with Crippen molar-refractivity contribution in [1.29, 1.82) is 0 Å². The first kappa shape index (κ1) is 16.4. The van der Waals surface area contributed by atoms with Gasteiger partial charge in [0.1, 0.15) is 0 Å². The normalized spacial score (nSPS) is 15.6. The van der Waals surface area contributed by atoms with Crippen LogP contribution in [0.3, 0.4) is 0 Å². The number of rotatable bonds is 9. The molecule has 0 radical (unpaired) electrons. The van der Waals surface area contributed by atoms with Crippen molar-refractivity contribution in [2.45, 2.75) is 43.7 Å². The molecule has 0 unspecified atom stereocenters. The van der Waals surface area contributed by atoms with E-state index in [0.717, 1.165) is 12.1 Å². The van der Waals surface area contributed by atoms with Crippen molar-refractivity contribution in [3.8, 4) is 0 Å². The van der Waals surface area contributed by atoms with Crippen LogP contribution in [0.4, 0.5) is 0 Å². The van der Waals surface area contributed by atoms with Gasteiger partial charge in [0.2, 0.25) is 10.0 Å².